The number of likely N-dealkylation sites (tertiary alicyclic amines) is 1. The maximum atomic E-state index is 13.6. The van der Waals surface area contributed by atoms with Gasteiger partial charge in [-0.1, -0.05) is 67.1 Å². The van der Waals surface area contributed by atoms with Crippen LogP contribution in [0, 0.1) is 11.3 Å². The monoisotopic (exact) mass is 357 g/mol. The van der Waals surface area contributed by atoms with Gasteiger partial charge in [-0.3, -0.25) is 9.59 Å². The van der Waals surface area contributed by atoms with Gasteiger partial charge in [0.1, 0.15) is 0 Å². The first-order chi connectivity index (χ1) is 13.1. The van der Waals surface area contributed by atoms with E-state index in [2.05, 4.69) is 19.1 Å². The van der Waals surface area contributed by atoms with Crippen molar-refractivity contribution in [1.29, 1.82) is 0 Å². The van der Waals surface area contributed by atoms with Gasteiger partial charge in [-0.25, -0.2) is 0 Å². The Labute approximate surface area is 159 Å². The maximum Gasteiger partial charge on any atom is 0.251 e. The molecule has 3 nitrogen and oxygen atoms in total. The van der Waals surface area contributed by atoms with E-state index >= 15 is 0 Å². The van der Waals surface area contributed by atoms with Crippen LogP contribution in [0.2, 0.25) is 0 Å². The third-order valence-corrected chi connectivity index (χ3v) is 6.83. The van der Waals surface area contributed by atoms with Gasteiger partial charge in [0.25, 0.3) is 5.91 Å². The Bertz CT molecular complexity index is 947. The van der Waals surface area contributed by atoms with E-state index in [0.717, 1.165) is 36.0 Å². The number of benzene rings is 2. The lowest BCUT2D eigenvalue weighted by Crippen LogP contribution is -2.34. The standard InChI is InChI=1S/C24H23NO2/c1-16(17-9-4-2-5-10-17)25-15-24-14-8-13-19(24)22(26)20(21(24)23(25)27)18-11-6-3-7-12-18/h2-7,9-12,16,19H,8,13-15H2,1H3/t16-,19?,24?/m0/s1. The van der Waals surface area contributed by atoms with Crippen LogP contribution < -0.4 is 0 Å². The molecule has 0 aromatic heterocycles. The summed E-state index contributed by atoms with van der Waals surface area (Å²) in [5.41, 5.74) is 3.25. The van der Waals surface area contributed by atoms with Crippen LogP contribution in [0.4, 0.5) is 0 Å². The highest BCUT2D eigenvalue weighted by atomic mass is 16.2. The van der Waals surface area contributed by atoms with Gasteiger partial charge in [-0.05, 0) is 30.9 Å². The average Bonchev–Trinajstić information content (AvgIpc) is 3.32. The number of carbonyl (C=O) groups excluding carboxylic acids is 2. The van der Waals surface area contributed by atoms with Gasteiger partial charge in [0.05, 0.1) is 6.04 Å². The van der Waals surface area contributed by atoms with Crippen LogP contribution in [-0.2, 0) is 9.59 Å². The molecule has 5 rings (SSSR count). The SMILES string of the molecule is C[C@@H](c1ccccc1)N1CC23CCCC2C(=O)C(c2ccccc2)=C3C1=O. The molecule has 1 aliphatic heterocycles. The molecule has 2 fully saturated rings. The molecule has 2 aromatic rings. The third kappa shape index (κ3) is 2.21. The molecule has 2 unspecified atom stereocenters. The summed E-state index contributed by atoms with van der Waals surface area (Å²) in [6.07, 6.45) is 2.88. The minimum Gasteiger partial charge on any atom is -0.331 e. The van der Waals surface area contributed by atoms with Crippen molar-refractivity contribution in [3.63, 3.8) is 0 Å². The minimum atomic E-state index is -0.275. The second kappa shape index (κ2) is 5.91. The first kappa shape index (κ1) is 16.5. The molecule has 136 valence electrons. The van der Waals surface area contributed by atoms with Crippen molar-refractivity contribution in [1.82, 2.24) is 4.90 Å². The first-order valence-electron chi connectivity index (χ1n) is 9.84. The molecule has 0 radical (unpaired) electrons. The van der Waals surface area contributed by atoms with E-state index in [1.165, 1.54) is 0 Å². The lowest BCUT2D eigenvalue weighted by Gasteiger charge is -2.29. The molecule has 1 spiro atoms. The zero-order chi connectivity index (χ0) is 18.6. The Balaban J connectivity index is 1.64. The molecule has 2 aromatic carbocycles. The molecule has 0 bridgehead atoms. The van der Waals surface area contributed by atoms with E-state index in [-0.39, 0.29) is 29.1 Å². The molecule has 1 saturated carbocycles. The number of carbonyl (C=O) groups is 2. The topological polar surface area (TPSA) is 37.4 Å². The highest BCUT2D eigenvalue weighted by Crippen LogP contribution is 2.61. The fourth-order valence-corrected chi connectivity index (χ4v) is 5.52. The Morgan fingerprint density at radius 3 is 2.37 bits per heavy atom. The number of amides is 1. The largest absolute Gasteiger partial charge is 0.331 e. The van der Waals surface area contributed by atoms with Crippen LogP contribution in [0.5, 0.6) is 0 Å². The fourth-order valence-electron chi connectivity index (χ4n) is 5.52. The predicted octanol–water partition coefficient (Wildman–Crippen LogP) is 4.41. The van der Waals surface area contributed by atoms with Crippen LogP contribution in [0.25, 0.3) is 5.57 Å². The highest BCUT2D eigenvalue weighted by Gasteiger charge is 2.63. The second-order valence-corrected chi connectivity index (χ2v) is 8.10. The van der Waals surface area contributed by atoms with Gasteiger partial charge in [-0.2, -0.15) is 0 Å². The first-order valence-corrected chi connectivity index (χ1v) is 9.84. The Kier molecular flexibility index (Phi) is 3.61. The van der Waals surface area contributed by atoms with Gasteiger partial charge in [0.15, 0.2) is 5.78 Å². The zero-order valence-electron chi connectivity index (χ0n) is 15.5. The van der Waals surface area contributed by atoms with E-state index in [1.54, 1.807) is 0 Å². The molecule has 27 heavy (non-hydrogen) atoms. The number of Topliss-reactive ketones (excluding diaryl/α,β-unsaturated/α-hetero) is 1. The molecule has 1 saturated heterocycles. The van der Waals surface area contributed by atoms with E-state index in [4.69, 9.17) is 0 Å². The van der Waals surface area contributed by atoms with Crippen molar-refractivity contribution in [2.75, 3.05) is 6.54 Å². The van der Waals surface area contributed by atoms with E-state index in [9.17, 15) is 9.59 Å². The van der Waals surface area contributed by atoms with Gasteiger partial charge in [0, 0.05) is 29.0 Å². The molecule has 1 heterocycles. The smallest absolute Gasteiger partial charge is 0.251 e. The van der Waals surface area contributed by atoms with E-state index in [1.807, 2.05) is 53.4 Å². The quantitative estimate of drug-likeness (QED) is 0.816. The summed E-state index contributed by atoms with van der Waals surface area (Å²) in [4.78, 5) is 28.8. The van der Waals surface area contributed by atoms with Gasteiger partial charge in [0.2, 0.25) is 0 Å². The summed E-state index contributed by atoms with van der Waals surface area (Å²) < 4.78 is 0. The van der Waals surface area contributed by atoms with Gasteiger partial charge >= 0.3 is 0 Å². The molecular weight excluding hydrogens is 334 g/mol. The van der Waals surface area contributed by atoms with Crippen LogP contribution in [0.3, 0.4) is 0 Å². The van der Waals surface area contributed by atoms with Crippen molar-refractivity contribution in [3.8, 4) is 0 Å². The molecule has 0 N–H and O–H groups in total. The van der Waals surface area contributed by atoms with Gasteiger partial charge < -0.3 is 4.90 Å². The zero-order valence-corrected chi connectivity index (χ0v) is 15.5. The van der Waals surface area contributed by atoms with Crippen molar-refractivity contribution in [3.05, 3.63) is 77.4 Å². The summed E-state index contributed by atoms with van der Waals surface area (Å²) >= 11 is 0. The summed E-state index contributed by atoms with van der Waals surface area (Å²) in [6.45, 7) is 2.77. The summed E-state index contributed by atoms with van der Waals surface area (Å²) in [5.74, 6) is 0.219. The number of allylic oxidation sites excluding steroid dienone is 1. The number of nitrogens with zero attached hydrogens (tertiary/aromatic N) is 1. The molecule has 3 aliphatic rings. The lowest BCUT2D eigenvalue weighted by atomic mass is 9.77. The molecule has 1 amide bonds. The maximum absolute atomic E-state index is 13.6. The normalized spacial score (nSPS) is 27.9. The Hall–Kier alpha value is -2.68. The fraction of sp³-hybridized carbons (Fsp3) is 0.333. The van der Waals surface area contributed by atoms with Crippen LogP contribution >= 0.6 is 0 Å². The van der Waals surface area contributed by atoms with Crippen molar-refractivity contribution < 1.29 is 9.59 Å². The molecule has 2 aliphatic carbocycles. The van der Waals surface area contributed by atoms with Crippen molar-refractivity contribution >= 4 is 17.3 Å². The lowest BCUT2D eigenvalue weighted by molar-refractivity contribution is -0.127. The van der Waals surface area contributed by atoms with Crippen LogP contribution in [0.1, 0.15) is 43.4 Å². The summed E-state index contributed by atoms with van der Waals surface area (Å²) in [7, 11) is 0. The number of hydrogen-bond donors (Lipinski definition) is 0. The second-order valence-electron chi connectivity index (χ2n) is 8.10. The van der Waals surface area contributed by atoms with E-state index < -0.39 is 0 Å². The Morgan fingerprint density at radius 1 is 1.00 bits per heavy atom. The highest BCUT2D eigenvalue weighted by molar-refractivity contribution is 6.32. The van der Waals surface area contributed by atoms with Crippen molar-refractivity contribution in [2.24, 2.45) is 11.3 Å². The number of hydrogen-bond acceptors (Lipinski definition) is 2. The molecule has 3 atom stereocenters. The molecule has 3 heteroatoms. The summed E-state index contributed by atoms with van der Waals surface area (Å²) in [5, 5.41) is 0. The van der Waals surface area contributed by atoms with Crippen LogP contribution in [-0.4, -0.2) is 23.1 Å². The number of rotatable bonds is 3. The third-order valence-electron chi connectivity index (χ3n) is 6.83. The van der Waals surface area contributed by atoms with Crippen LogP contribution in [0.15, 0.2) is 66.2 Å². The number of ketones is 1. The Morgan fingerprint density at radius 2 is 1.67 bits per heavy atom. The predicted molar refractivity (Wildman–Crippen MR) is 105 cm³/mol. The minimum absolute atomic E-state index is 0.0135. The van der Waals surface area contributed by atoms with E-state index in [0.29, 0.717) is 12.1 Å². The average molecular weight is 357 g/mol. The summed E-state index contributed by atoms with van der Waals surface area (Å²) in [6, 6.07) is 20.0. The van der Waals surface area contributed by atoms with Crippen molar-refractivity contribution in [2.45, 2.75) is 32.2 Å². The van der Waals surface area contributed by atoms with Gasteiger partial charge in [-0.15, -0.1) is 0 Å². The molecular formula is C24H23NO2.